The van der Waals surface area contributed by atoms with Crippen LogP contribution in [0.1, 0.15) is 24.4 Å². The number of nitrogens with one attached hydrogen (secondary N) is 1. The molecule has 0 spiro atoms. The molecule has 1 aliphatic heterocycles. The highest BCUT2D eigenvalue weighted by Gasteiger charge is 2.18. The molecule has 1 heterocycles. The van der Waals surface area contributed by atoms with Gasteiger partial charge in [0, 0.05) is 14.1 Å². The quantitative estimate of drug-likeness (QED) is 0.764. The zero-order chi connectivity index (χ0) is 9.26. The maximum atomic E-state index is 3.52. The van der Waals surface area contributed by atoms with E-state index >= 15 is 0 Å². The molecule has 0 unspecified atom stereocenters. The van der Waals surface area contributed by atoms with Gasteiger partial charge in [0.15, 0.2) is 0 Å². The summed E-state index contributed by atoms with van der Waals surface area (Å²) < 4.78 is 2.54. The second-order valence-electron chi connectivity index (χ2n) is 3.31. The van der Waals surface area contributed by atoms with E-state index in [-0.39, 0.29) is 0 Å². The van der Waals surface area contributed by atoms with Crippen LogP contribution in [0.25, 0.3) is 0 Å². The smallest absolute Gasteiger partial charge is 0.0331 e. The highest BCUT2D eigenvalue weighted by molar-refractivity contribution is 14.1. The van der Waals surface area contributed by atoms with Gasteiger partial charge in [-0.25, -0.2) is 0 Å². The van der Waals surface area contributed by atoms with E-state index in [4.69, 9.17) is 0 Å². The summed E-state index contributed by atoms with van der Waals surface area (Å²) in [7, 11) is 0. The first kappa shape index (κ1) is 9.93. The lowest BCUT2D eigenvalue weighted by molar-refractivity contribution is 0.644. The molecule has 1 aromatic carbocycles. The van der Waals surface area contributed by atoms with Crippen LogP contribution in [0, 0.1) is 3.57 Å². The topological polar surface area (TPSA) is 12.0 Å². The molecule has 1 aliphatic rings. The Hall–Kier alpha value is 0.390. The molecular weight excluding hydrogens is 341 g/mol. The molecule has 0 aromatic heterocycles. The van der Waals surface area contributed by atoms with Crippen LogP contribution in [0.2, 0.25) is 0 Å². The van der Waals surface area contributed by atoms with Crippen molar-refractivity contribution < 1.29 is 0 Å². The first-order valence-corrected chi connectivity index (χ1v) is 6.33. The molecule has 2 rings (SSSR count). The molecule has 1 atom stereocenters. The molecule has 0 saturated carbocycles. The molecule has 1 saturated heterocycles. The van der Waals surface area contributed by atoms with Crippen LogP contribution < -0.4 is 5.32 Å². The van der Waals surface area contributed by atoms with Crippen molar-refractivity contribution in [3.63, 3.8) is 0 Å². The van der Waals surface area contributed by atoms with Crippen molar-refractivity contribution in [3.8, 4) is 0 Å². The van der Waals surface area contributed by atoms with Gasteiger partial charge < -0.3 is 5.32 Å². The average molecular weight is 352 g/mol. The second kappa shape index (κ2) is 4.28. The molecule has 1 N–H and O–H groups in total. The van der Waals surface area contributed by atoms with Gasteiger partial charge in [-0.1, -0.05) is 15.9 Å². The fourth-order valence-corrected chi connectivity index (χ4v) is 2.82. The third-order valence-electron chi connectivity index (χ3n) is 2.39. The van der Waals surface area contributed by atoms with Crippen LogP contribution in [-0.2, 0) is 0 Å². The summed E-state index contributed by atoms with van der Waals surface area (Å²) in [5.41, 5.74) is 1.44. The van der Waals surface area contributed by atoms with Crippen LogP contribution >= 0.6 is 38.5 Å². The van der Waals surface area contributed by atoms with Crippen molar-refractivity contribution in [2.75, 3.05) is 6.54 Å². The van der Waals surface area contributed by atoms with E-state index in [1.54, 1.807) is 0 Å². The van der Waals surface area contributed by atoms with Crippen LogP contribution in [0.4, 0.5) is 0 Å². The zero-order valence-corrected chi connectivity index (χ0v) is 10.9. The van der Waals surface area contributed by atoms with E-state index in [2.05, 4.69) is 62.0 Å². The highest BCUT2D eigenvalue weighted by atomic mass is 127. The van der Waals surface area contributed by atoms with Gasteiger partial charge in [-0.05, 0) is 65.7 Å². The molecule has 0 bridgehead atoms. The Labute approximate surface area is 101 Å². The summed E-state index contributed by atoms with van der Waals surface area (Å²) >= 11 is 5.92. The molecule has 1 aromatic rings. The van der Waals surface area contributed by atoms with Gasteiger partial charge in [-0.15, -0.1) is 0 Å². The van der Waals surface area contributed by atoms with Gasteiger partial charge in [0.25, 0.3) is 0 Å². The van der Waals surface area contributed by atoms with Crippen molar-refractivity contribution in [2.45, 2.75) is 18.9 Å². The van der Waals surface area contributed by atoms with Gasteiger partial charge in [0.1, 0.15) is 0 Å². The van der Waals surface area contributed by atoms with E-state index in [1.807, 2.05) is 0 Å². The average Bonchev–Trinajstić information content (AvgIpc) is 2.61. The SMILES string of the molecule is Brc1ccc(I)c([C@H]2CCCN2)c1. The van der Waals surface area contributed by atoms with E-state index in [9.17, 15) is 0 Å². The fraction of sp³-hybridized carbons (Fsp3) is 0.400. The number of benzene rings is 1. The number of hydrogen-bond acceptors (Lipinski definition) is 1. The summed E-state index contributed by atoms with van der Waals surface area (Å²) in [6.07, 6.45) is 2.57. The van der Waals surface area contributed by atoms with Gasteiger partial charge in [-0.3, -0.25) is 0 Å². The Bertz CT molecular complexity index is 308. The van der Waals surface area contributed by atoms with Gasteiger partial charge in [0.05, 0.1) is 0 Å². The normalized spacial score (nSPS) is 22.2. The number of rotatable bonds is 1. The third-order valence-corrected chi connectivity index (χ3v) is 3.87. The minimum Gasteiger partial charge on any atom is -0.310 e. The maximum absolute atomic E-state index is 3.52. The lowest BCUT2D eigenvalue weighted by Crippen LogP contribution is -2.13. The Morgan fingerprint density at radius 2 is 2.31 bits per heavy atom. The third kappa shape index (κ3) is 2.25. The van der Waals surface area contributed by atoms with Crippen LogP contribution in [0.15, 0.2) is 22.7 Å². The summed E-state index contributed by atoms with van der Waals surface area (Å²) in [6.45, 7) is 1.16. The molecule has 1 nitrogen and oxygen atoms in total. The van der Waals surface area contributed by atoms with Gasteiger partial charge in [0.2, 0.25) is 0 Å². The highest BCUT2D eigenvalue weighted by Crippen LogP contribution is 2.29. The lowest BCUT2D eigenvalue weighted by Gasteiger charge is -2.12. The van der Waals surface area contributed by atoms with E-state index in [1.165, 1.54) is 26.4 Å². The maximum Gasteiger partial charge on any atom is 0.0331 e. The van der Waals surface area contributed by atoms with Crippen molar-refractivity contribution in [1.82, 2.24) is 5.32 Å². The number of halogens is 2. The predicted molar refractivity (Wildman–Crippen MR) is 66.8 cm³/mol. The van der Waals surface area contributed by atoms with Crippen molar-refractivity contribution in [2.24, 2.45) is 0 Å². The molecular formula is C10H11BrIN. The minimum atomic E-state index is 0.574. The summed E-state index contributed by atoms with van der Waals surface area (Å²) in [5, 5.41) is 3.52. The Morgan fingerprint density at radius 3 is 3.00 bits per heavy atom. The van der Waals surface area contributed by atoms with Crippen LogP contribution in [0.3, 0.4) is 0 Å². The van der Waals surface area contributed by atoms with Crippen molar-refractivity contribution in [3.05, 3.63) is 31.8 Å². The zero-order valence-electron chi connectivity index (χ0n) is 7.19. The van der Waals surface area contributed by atoms with Crippen molar-refractivity contribution >= 4 is 38.5 Å². The molecule has 3 heteroatoms. The molecule has 0 radical (unpaired) electrons. The number of hydrogen-bond donors (Lipinski definition) is 1. The minimum absolute atomic E-state index is 0.574. The lowest BCUT2D eigenvalue weighted by atomic mass is 10.1. The first-order valence-electron chi connectivity index (χ1n) is 4.46. The Morgan fingerprint density at radius 1 is 1.46 bits per heavy atom. The molecule has 70 valence electrons. The molecule has 13 heavy (non-hydrogen) atoms. The van der Waals surface area contributed by atoms with Gasteiger partial charge in [-0.2, -0.15) is 0 Å². The molecule has 1 fully saturated rings. The van der Waals surface area contributed by atoms with Crippen LogP contribution in [0.5, 0.6) is 0 Å². The van der Waals surface area contributed by atoms with Crippen molar-refractivity contribution in [1.29, 1.82) is 0 Å². The second-order valence-corrected chi connectivity index (χ2v) is 5.39. The first-order chi connectivity index (χ1) is 6.27. The fourth-order valence-electron chi connectivity index (χ4n) is 1.73. The van der Waals surface area contributed by atoms with Crippen LogP contribution in [-0.4, -0.2) is 6.54 Å². The molecule has 0 aliphatic carbocycles. The monoisotopic (exact) mass is 351 g/mol. The van der Waals surface area contributed by atoms with E-state index in [0.29, 0.717) is 6.04 Å². The summed E-state index contributed by atoms with van der Waals surface area (Å²) in [4.78, 5) is 0. The Kier molecular flexibility index (Phi) is 3.26. The summed E-state index contributed by atoms with van der Waals surface area (Å²) in [5.74, 6) is 0. The largest absolute Gasteiger partial charge is 0.310 e. The summed E-state index contributed by atoms with van der Waals surface area (Å²) in [6, 6.07) is 7.06. The van der Waals surface area contributed by atoms with E-state index in [0.717, 1.165) is 6.54 Å². The standard InChI is InChI=1S/C10H11BrIN/c11-7-3-4-9(12)8(6-7)10-2-1-5-13-10/h3-4,6,10,13H,1-2,5H2/t10-/m1/s1. The Balaban J connectivity index is 2.32. The molecule has 0 amide bonds. The van der Waals surface area contributed by atoms with E-state index < -0.39 is 0 Å². The predicted octanol–water partition coefficient (Wildman–Crippen LogP) is 3.48. The van der Waals surface area contributed by atoms with Gasteiger partial charge >= 0.3 is 0 Å².